The smallest absolute Gasteiger partial charge is 0.252 e. The molecule has 1 N–H and O–H groups in total. The third-order valence-corrected chi connectivity index (χ3v) is 6.95. The van der Waals surface area contributed by atoms with Crippen molar-refractivity contribution >= 4 is 33.0 Å². The molecule has 0 amide bonds. The number of thiazole rings is 1. The fraction of sp³-hybridized carbons (Fsp3) is 0.727. The van der Waals surface area contributed by atoms with Gasteiger partial charge in [-0.05, 0) is 25.8 Å². The van der Waals surface area contributed by atoms with Crippen LogP contribution in [0.2, 0.25) is 4.47 Å². The van der Waals surface area contributed by atoms with Crippen LogP contribution < -0.4 is 4.72 Å². The van der Waals surface area contributed by atoms with Gasteiger partial charge in [0, 0.05) is 18.6 Å². The second-order valence-corrected chi connectivity index (χ2v) is 8.60. The van der Waals surface area contributed by atoms with Crippen molar-refractivity contribution < 1.29 is 8.42 Å². The summed E-state index contributed by atoms with van der Waals surface area (Å²) >= 11 is 6.70. The fourth-order valence-electron chi connectivity index (χ4n) is 3.01. The highest BCUT2D eigenvalue weighted by molar-refractivity contribution is 7.91. The number of nitrogens with zero attached hydrogens (tertiary/aromatic N) is 2. The van der Waals surface area contributed by atoms with E-state index in [2.05, 4.69) is 14.6 Å². The Bertz CT molecular complexity index is 560. The first-order valence-electron chi connectivity index (χ1n) is 6.44. The van der Waals surface area contributed by atoms with Gasteiger partial charge in [0.1, 0.15) is 0 Å². The Hall–Kier alpha value is -0.210. The number of piperidine rings is 1. The van der Waals surface area contributed by atoms with Crippen molar-refractivity contribution in [3.63, 3.8) is 0 Å². The Balaban J connectivity index is 1.74. The lowest BCUT2D eigenvalue weighted by Crippen LogP contribution is -2.46. The van der Waals surface area contributed by atoms with Gasteiger partial charge in [0.15, 0.2) is 8.68 Å². The van der Waals surface area contributed by atoms with Crippen molar-refractivity contribution in [3.8, 4) is 0 Å². The molecule has 2 fully saturated rings. The minimum Gasteiger partial charge on any atom is -0.299 e. The quantitative estimate of drug-likeness (QED) is 0.920. The number of hydrogen-bond acceptors (Lipinski definition) is 5. The molecule has 0 radical (unpaired) electrons. The molecule has 2 aliphatic heterocycles. The van der Waals surface area contributed by atoms with Crippen LogP contribution in [-0.2, 0) is 10.0 Å². The van der Waals surface area contributed by atoms with Gasteiger partial charge in [-0.2, -0.15) is 0 Å². The van der Waals surface area contributed by atoms with Crippen molar-refractivity contribution in [3.05, 3.63) is 10.7 Å². The minimum absolute atomic E-state index is 0.0196. The number of aromatic nitrogens is 1. The predicted octanol–water partition coefficient (Wildman–Crippen LogP) is 1.70. The zero-order valence-electron chi connectivity index (χ0n) is 10.4. The van der Waals surface area contributed by atoms with Gasteiger partial charge in [-0.1, -0.05) is 29.4 Å². The van der Waals surface area contributed by atoms with Crippen molar-refractivity contribution in [2.24, 2.45) is 0 Å². The van der Waals surface area contributed by atoms with Gasteiger partial charge in [0.2, 0.25) is 0 Å². The first kappa shape index (κ1) is 13.8. The van der Waals surface area contributed by atoms with Crippen LogP contribution in [0.15, 0.2) is 10.4 Å². The molecule has 0 aliphatic carbocycles. The van der Waals surface area contributed by atoms with Gasteiger partial charge in [-0.25, -0.2) is 18.1 Å². The molecule has 3 heterocycles. The van der Waals surface area contributed by atoms with Crippen molar-refractivity contribution in [2.75, 3.05) is 13.1 Å². The van der Waals surface area contributed by atoms with E-state index >= 15 is 0 Å². The van der Waals surface area contributed by atoms with E-state index in [1.165, 1.54) is 19.0 Å². The predicted molar refractivity (Wildman–Crippen MR) is 75.1 cm³/mol. The average molecular weight is 322 g/mol. The summed E-state index contributed by atoms with van der Waals surface area (Å²) < 4.78 is 27.8. The maximum atomic E-state index is 12.3. The number of sulfonamides is 1. The average Bonchev–Trinajstić information content (AvgIpc) is 2.97. The monoisotopic (exact) mass is 321 g/mol. The molecule has 1 aromatic rings. The summed E-state index contributed by atoms with van der Waals surface area (Å²) in [4.78, 5) is 6.19. The molecule has 1 aromatic heterocycles. The molecule has 2 unspecified atom stereocenters. The minimum atomic E-state index is -3.48. The second-order valence-electron chi connectivity index (χ2n) is 5.05. The van der Waals surface area contributed by atoms with Crippen LogP contribution in [0.4, 0.5) is 0 Å². The van der Waals surface area contributed by atoms with E-state index in [1.807, 2.05) is 0 Å². The molecule has 0 bridgehead atoms. The van der Waals surface area contributed by atoms with E-state index in [1.54, 1.807) is 0 Å². The van der Waals surface area contributed by atoms with Crippen LogP contribution in [-0.4, -0.2) is 43.5 Å². The lowest BCUT2D eigenvalue weighted by molar-refractivity contribution is 0.186. The number of fused-ring (bicyclic) bond motifs is 1. The van der Waals surface area contributed by atoms with Crippen molar-refractivity contribution in [1.82, 2.24) is 14.6 Å². The second kappa shape index (κ2) is 5.29. The Morgan fingerprint density at radius 2 is 2.21 bits per heavy atom. The largest absolute Gasteiger partial charge is 0.299 e. The standard InChI is InChI=1S/C11H16ClN3O2S2/c12-11-13-7-10(18-11)19(16,17)14-8-4-6-15-5-2-1-3-9(8)15/h7-9,14H,1-6H2. The van der Waals surface area contributed by atoms with Crippen LogP contribution in [0.1, 0.15) is 25.7 Å². The Labute approximate surface area is 122 Å². The number of nitrogens with one attached hydrogen (secondary N) is 1. The SMILES string of the molecule is O=S(=O)(NC1CCN2CCCCC12)c1cnc(Cl)s1. The summed E-state index contributed by atoms with van der Waals surface area (Å²) in [5.41, 5.74) is 0. The van der Waals surface area contributed by atoms with Gasteiger partial charge in [-0.3, -0.25) is 4.90 Å². The first-order valence-corrected chi connectivity index (χ1v) is 9.12. The van der Waals surface area contributed by atoms with Gasteiger partial charge >= 0.3 is 0 Å². The Morgan fingerprint density at radius 1 is 1.37 bits per heavy atom. The van der Waals surface area contributed by atoms with Crippen LogP contribution >= 0.6 is 22.9 Å². The van der Waals surface area contributed by atoms with E-state index in [4.69, 9.17) is 11.6 Å². The zero-order valence-corrected chi connectivity index (χ0v) is 12.8. The zero-order chi connectivity index (χ0) is 13.5. The molecule has 0 aromatic carbocycles. The van der Waals surface area contributed by atoms with Gasteiger partial charge < -0.3 is 0 Å². The van der Waals surface area contributed by atoms with Crippen LogP contribution in [0.5, 0.6) is 0 Å². The molecule has 3 rings (SSSR count). The molecular weight excluding hydrogens is 306 g/mol. The third kappa shape index (κ3) is 2.80. The summed E-state index contributed by atoms with van der Waals surface area (Å²) in [7, 11) is -3.48. The van der Waals surface area contributed by atoms with Crippen LogP contribution in [0.3, 0.4) is 0 Å². The molecule has 2 atom stereocenters. The highest BCUT2D eigenvalue weighted by atomic mass is 35.5. The van der Waals surface area contributed by atoms with Gasteiger partial charge in [0.05, 0.1) is 6.20 Å². The maximum absolute atomic E-state index is 12.3. The molecule has 19 heavy (non-hydrogen) atoms. The van der Waals surface area contributed by atoms with Crippen molar-refractivity contribution in [2.45, 2.75) is 42.0 Å². The summed E-state index contributed by atoms with van der Waals surface area (Å²) in [6.07, 6.45) is 5.70. The van der Waals surface area contributed by atoms with Gasteiger partial charge in [0.25, 0.3) is 10.0 Å². The molecule has 2 saturated heterocycles. The lowest BCUT2D eigenvalue weighted by Gasteiger charge is -2.32. The highest BCUT2D eigenvalue weighted by Crippen LogP contribution is 2.29. The summed E-state index contributed by atoms with van der Waals surface area (Å²) in [6, 6.07) is 0.373. The molecule has 0 saturated carbocycles. The van der Waals surface area contributed by atoms with Crippen LogP contribution in [0.25, 0.3) is 0 Å². The van der Waals surface area contributed by atoms with E-state index in [0.717, 1.165) is 37.3 Å². The fourth-order valence-corrected chi connectivity index (χ4v) is 5.62. The Morgan fingerprint density at radius 3 is 2.95 bits per heavy atom. The van der Waals surface area contributed by atoms with E-state index in [-0.39, 0.29) is 14.7 Å². The number of rotatable bonds is 3. The normalized spacial score (nSPS) is 28.5. The Kier molecular flexibility index (Phi) is 3.83. The van der Waals surface area contributed by atoms with E-state index in [9.17, 15) is 8.42 Å². The first-order chi connectivity index (χ1) is 9.06. The number of hydrogen-bond donors (Lipinski definition) is 1. The molecule has 0 spiro atoms. The summed E-state index contributed by atoms with van der Waals surface area (Å²) in [6.45, 7) is 2.08. The number of halogens is 1. The molecule has 106 valence electrons. The molecule has 5 nitrogen and oxygen atoms in total. The molecular formula is C11H16ClN3O2S2. The van der Waals surface area contributed by atoms with Crippen molar-refractivity contribution in [1.29, 1.82) is 0 Å². The van der Waals surface area contributed by atoms with E-state index in [0.29, 0.717) is 6.04 Å². The maximum Gasteiger partial charge on any atom is 0.252 e. The third-order valence-electron chi connectivity index (χ3n) is 3.88. The summed E-state index contributed by atoms with van der Waals surface area (Å²) in [5.74, 6) is 0. The van der Waals surface area contributed by atoms with E-state index < -0.39 is 10.0 Å². The lowest BCUT2D eigenvalue weighted by atomic mass is 10.00. The highest BCUT2D eigenvalue weighted by Gasteiger charge is 2.38. The van der Waals surface area contributed by atoms with Crippen LogP contribution in [0, 0.1) is 0 Å². The topological polar surface area (TPSA) is 62.3 Å². The molecule has 2 aliphatic rings. The van der Waals surface area contributed by atoms with Gasteiger partial charge in [-0.15, -0.1) is 0 Å². The molecule has 8 heteroatoms. The summed E-state index contributed by atoms with van der Waals surface area (Å²) in [5, 5.41) is 0.